The molecule has 0 N–H and O–H groups in total. The van der Waals surface area contributed by atoms with Crippen molar-refractivity contribution in [3.8, 4) is 0 Å². The Kier molecular flexibility index (Phi) is 4.37. The summed E-state index contributed by atoms with van der Waals surface area (Å²) in [5, 5.41) is 0.557. The van der Waals surface area contributed by atoms with E-state index < -0.39 is 12.2 Å². The minimum Gasteiger partial charge on any atom is -0.444 e. The summed E-state index contributed by atoms with van der Waals surface area (Å²) in [4.78, 5) is 10.3. The standard InChI is InChI=1S/C6H10FNO2.ClH/c1-5(9)10-6-3-2-4-8(6)7;/h6H,2-4H2,1H3;1H. The second kappa shape index (κ2) is 4.51. The van der Waals surface area contributed by atoms with Gasteiger partial charge in [-0.15, -0.1) is 22.0 Å². The van der Waals surface area contributed by atoms with Gasteiger partial charge in [0, 0.05) is 19.9 Å². The number of halogens is 2. The SMILES string of the molecule is CC(=O)OC1CCCN1F.Cl. The zero-order chi connectivity index (χ0) is 7.56. The molecule has 1 atom stereocenters. The number of hydrogen-bond acceptors (Lipinski definition) is 3. The molecule has 0 aromatic rings. The molecule has 1 fully saturated rings. The van der Waals surface area contributed by atoms with Crippen molar-refractivity contribution >= 4 is 18.4 Å². The fourth-order valence-corrected chi connectivity index (χ4v) is 1.01. The molecule has 1 rings (SSSR count). The van der Waals surface area contributed by atoms with E-state index in [-0.39, 0.29) is 12.4 Å². The molecule has 0 aliphatic carbocycles. The summed E-state index contributed by atoms with van der Waals surface area (Å²) in [5.74, 6) is -0.422. The van der Waals surface area contributed by atoms with Crippen LogP contribution in [0.3, 0.4) is 0 Å². The first-order valence-corrected chi connectivity index (χ1v) is 3.30. The van der Waals surface area contributed by atoms with Gasteiger partial charge in [0.25, 0.3) is 0 Å². The largest absolute Gasteiger partial charge is 0.444 e. The summed E-state index contributed by atoms with van der Waals surface area (Å²) in [5.41, 5.74) is 0. The van der Waals surface area contributed by atoms with Gasteiger partial charge in [0.15, 0.2) is 6.23 Å². The first kappa shape index (κ1) is 10.7. The van der Waals surface area contributed by atoms with Gasteiger partial charge >= 0.3 is 5.97 Å². The smallest absolute Gasteiger partial charge is 0.304 e. The molecule has 0 bridgehead atoms. The lowest BCUT2D eigenvalue weighted by atomic mass is 10.4. The highest BCUT2D eigenvalue weighted by Gasteiger charge is 2.26. The normalized spacial score (nSPS) is 24.4. The Morgan fingerprint density at radius 2 is 2.36 bits per heavy atom. The third kappa shape index (κ3) is 3.03. The minimum absolute atomic E-state index is 0. The van der Waals surface area contributed by atoms with Crippen molar-refractivity contribution < 1.29 is 14.0 Å². The molecule has 11 heavy (non-hydrogen) atoms. The molecule has 66 valence electrons. The highest BCUT2D eigenvalue weighted by atomic mass is 35.5. The predicted octanol–water partition coefficient (Wildman–Crippen LogP) is 1.28. The van der Waals surface area contributed by atoms with E-state index >= 15 is 0 Å². The Hall–Kier alpha value is -0.350. The average Bonchev–Trinajstić information content (AvgIpc) is 2.15. The van der Waals surface area contributed by atoms with Gasteiger partial charge in [-0.3, -0.25) is 4.79 Å². The second-order valence-corrected chi connectivity index (χ2v) is 2.33. The molecule has 1 aliphatic rings. The van der Waals surface area contributed by atoms with Crippen molar-refractivity contribution in [3.05, 3.63) is 0 Å². The second-order valence-electron chi connectivity index (χ2n) is 2.33. The maximum atomic E-state index is 12.5. The number of ether oxygens (including phenoxy) is 1. The molecule has 5 heteroatoms. The van der Waals surface area contributed by atoms with Gasteiger partial charge in [0.1, 0.15) is 0 Å². The molecule has 0 aromatic heterocycles. The lowest BCUT2D eigenvalue weighted by Gasteiger charge is -2.13. The topological polar surface area (TPSA) is 29.5 Å². The van der Waals surface area contributed by atoms with Crippen LogP contribution in [0.5, 0.6) is 0 Å². The minimum atomic E-state index is -0.627. The highest BCUT2D eigenvalue weighted by molar-refractivity contribution is 5.85. The summed E-state index contributed by atoms with van der Waals surface area (Å²) in [6, 6.07) is 0. The van der Waals surface area contributed by atoms with E-state index in [1.807, 2.05) is 0 Å². The lowest BCUT2D eigenvalue weighted by Crippen LogP contribution is -2.25. The van der Waals surface area contributed by atoms with Crippen LogP contribution in [-0.2, 0) is 9.53 Å². The molecule has 1 aliphatic heterocycles. The average molecular weight is 184 g/mol. The Morgan fingerprint density at radius 3 is 2.73 bits per heavy atom. The van der Waals surface area contributed by atoms with Gasteiger partial charge in [0.05, 0.1) is 0 Å². The number of carbonyl (C=O) groups excluding carboxylic acids is 1. The van der Waals surface area contributed by atoms with E-state index in [0.717, 1.165) is 6.42 Å². The number of nitrogens with zero attached hydrogens (tertiary/aromatic N) is 1. The number of esters is 1. The summed E-state index contributed by atoms with van der Waals surface area (Å²) < 4.78 is 17.1. The number of carbonyl (C=O) groups is 1. The van der Waals surface area contributed by atoms with E-state index in [4.69, 9.17) is 0 Å². The van der Waals surface area contributed by atoms with Crippen molar-refractivity contribution in [3.63, 3.8) is 0 Å². The van der Waals surface area contributed by atoms with E-state index in [1.165, 1.54) is 6.92 Å². The highest BCUT2D eigenvalue weighted by Crippen LogP contribution is 2.17. The summed E-state index contributed by atoms with van der Waals surface area (Å²) in [7, 11) is 0. The quantitative estimate of drug-likeness (QED) is 0.453. The molecule has 1 unspecified atom stereocenters. The van der Waals surface area contributed by atoms with Crippen LogP contribution in [0.4, 0.5) is 4.48 Å². The monoisotopic (exact) mass is 183 g/mol. The van der Waals surface area contributed by atoms with Crippen LogP contribution in [0.1, 0.15) is 19.8 Å². The molecule has 0 amide bonds. The van der Waals surface area contributed by atoms with Crippen molar-refractivity contribution in [1.29, 1.82) is 0 Å². The van der Waals surface area contributed by atoms with Crippen LogP contribution in [-0.4, -0.2) is 23.9 Å². The van der Waals surface area contributed by atoms with Crippen molar-refractivity contribution in [2.24, 2.45) is 0 Å². The number of rotatable bonds is 1. The van der Waals surface area contributed by atoms with Crippen LogP contribution in [0.2, 0.25) is 0 Å². The predicted molar refractivity (Wildman–Crippen MR) is 39.9 cm³/mol. The van der Waals surface area contributed by atoms with Gasteiger partial charge in [-0.2, -0.15) is 0 Å². The van der Waals surface area contributed by atoms with Crippen LogP contribution in [0.25, 0.3) is 0 Å². The molecular formula is C6H11ClFNO2. The third-order valence-corrected chi connectivity index (χ3v) is 1.44. The molecule has 0 spiro atoms. The Morgan fingerprint density at radius 1 is 1.73 bits per heavy atom. The van der Waals surface area contributed by atoms with Gasteiger partial charge < -0.3 is 4.74 Å². The third-order valence-electron chi connectivity index (χ3n) is 1.44. The lowest BCUT2D eigenvalue weighted by molar-refractivity contribution is -0.169. The van der Waals surface area contributed by atoms with E-state index in [2.05, 4.69) is 4.74 Å². The fraction of sp³-hybridized carbons (Fsp3) is 0.833. The molecule has 0 aromatic carbocycles. The zero-order valence-electron chi connectivity index (χ0n) is 6.25. The van der Waals surface area contributed by atoms with Crippen LogP contribution in [0.15, 0.2) is 0 Å². The maximum Gasteiger partial charge on any atom is 0.304 e. The van der Waals surface area contributed by atoms with Crippen LogP contribution < -0.4 is 0 Å². The summed E-state index contributed by atoms with van der Waals surface area (Å²) in [6.07, 6.45) is 0.738. The molecule has 3 nitrogen and oxygen atoms in total. The number of hydrogen-bond donors (Lipinski definition) is 0. The van der Waals surface area contributed by atoms with Crippen molar-refractivity contribution in [1.82, 2.24) is 5.12 Å². The van der Waals surface area contributed by atoms with Crippen molar-refractivity contribution in [2.75, 3.05) is 6.54 Å². The summed E-state index contributed by atoms with van der Waals surface area (Å²) >= 11 is 0. The molecular weight excluding hydrogens is 173 g/mol. The maximum absolute atomic E-state index is 12.5. The van der Waals surface area contributed by atoms with E-state index in [0.29, 0.717) is 18.1 Å². The summed E-state index contributed by atoms with van der Waals surface area (Å²) in [6.45, 7) is 1.66. The molecule has 0 saturated carbocycles. The van der Waals surface area contributed by atoms with Crippen LogP contribution >= 0.6 is 12.4 Å². The van der Waals surface area contributed by atoms with Gasteiger partial charge in [-0.1, -0.05) is 0 Å². The van der Waals surface area contributed by atoms with Gasteiger partial charge in [-0.25, -0.2) is 0 Å². The van der Waals surface area contributed by atoms with Crippen LogP contribution in [0, 0.1) is 0 Å². The zero-order valence-corrected chi connectivity index (χ0v) is 7.07. The van der Waals surface area contributed by atoms with Gasteiger partial charge in [0.2, 0.25) is 0 Å². The first-order chi connectivity index (χ1) is 4.70. The molecule has 1 heterocycles. The molecule has 0 radical (unpaired) electrons. The van der Waals surface area contributed by atoms with E-state index in [1.54, 1.807) is 0 Å². The Bertz CT molecular complexity index is 145. The first-order valence-electron chi connectivity index (χ1n) is 3.30. The molecule has 1 saturated heterocycles. The van der Waals surface area contributed by atoms with Crippen molar-refractivity contribution in [2.45, 2.75) is 26.0 Å². The Balaban J connectivity index is 0.000001000. The Labute approximate surface area is 70.8 Å². The fourth-order valence-electron chi connectivity index (χ4n) is 1.01. The van der Waals surface area contributed by atoms with Gasteiger partial charge in [-0.05, 0) is 6.42 Å². The van der Waals surface area contributed by atoms with E-state index in [9.17, 15) is 9.28 Å².